The number of aryl methyl sites for hydroxylation is 2. The molecule has 2 rings (SSSR count). The Bertz CT molecular complexity index is 555. The van der Waals surface area contributed by atoms with E-state index in [-0.39, 0.29) is 5.91 Å². The Morgan fingerprint density at radius 3 is 2.80 bits per heavy atom. The minimum Gasteiger partial charge on any atom is -0.326 e. The number of nitrogens with zero attached hydrogens (tertiary/aromatic N) is 2. The molecule has 0 aromatic carbocycles. The molecular weight excluding hydrogens is 250 g/mol. The van der Waals surface area contributed by atoms with Crippen molar-refractivity contribution >= 4 is 11.6 Å². The molecule has 0 fully saturated rings. The molecule has 0 aliphatic carbocycles. The highest BCUT2D eigenvalue weighted by Crippen LogP contribution is 2.08. The molecule has 2 aromatic rings. The summed E-state index contributed by atoms with van der Waals surface area (Å²) in [5.41, 5.74) is 1.73. The Morgan fingerprint density at radius 1 is 1.25 bits per heavy atom. The normalized spacial score (nSPS) is 10.2. The van der Waals surface area contributed by atoms with E-state index in [1.54, 1.807) is 6.20 Å². The highest BCUT2D eigenvalue weighted by atomic mass is 16.1. The standard InChI is InChI=1S/C16H19N3O/c1-14-13-15(8-9-17-14)18-16(20)7-3-6-12-19-10-4-2-5-11-19/h2,4-5,8-11,13H,3,6-7,12H2,1H3/p+1. The second-order valence-electron chi connectivity index (χ2n) is 4.80. The van der Waals surface area contributed by atoms with Crippen LogP contribution in [0.4, 0.5) is 5.69 Å². The van der Waals surface area contributed by atoms with Crippen molar-refractivity contribution in [2.45, 2.75) is 32.7 Å². The van der Waals surface area contributed by atoms with Crippen LogP contribution >= 0.6 is 0 Å². The fourth-order valence-corrected chi connectivity index (χ4v) is 2.01. The third-order valence-corrected chi connectivity index (χ3v) is 3.03. The van der Waals surface area contributed by atoms with Crippen LogP contribution in [0.3, 0.4) is 0 Å². The topological polar surface area (TPSA) is 45.9 Å². The summed E-state index contributed by atoms with van der Waals surface area (Å²) in [6.07, 6.45) is 8.22. The summed E-state index contributed by atoms with van der Waals surface area (Å²) in [6.45, 7) is 2.86. The van der Waals surface area contributed by atoms with Gasteiger partial charge in [-0.2, -0.15) is 0 Å². The van der Waals surface area contributed by atoms with Gasteiger partial charge in [0.1, 0.15) is 6.54 Å². The summed E-state index contributed by atoms with van der Waals surface area (Å²) in [7, 11) is 0. The molecule has 0 saturated carbocycles. The smallest absolute Gasteiger partial charge is 0.224 e. The lowest BCUT2D eigenvalue weighted by Crippen LogP contribution is -2.32. The summed E-state index contributed by atoms with van der Waals surface area (Å²) in [6, 6.07) is 9.71. The third-order valence-electron chi connectivity index (χ3n) is 3.03. The molecule has 4 heteroatoms. The van der Waals surface area contributed by atoms with Crippen molar-refractivity contribution in [2.24, 2.45) is 0 Å². The van der Waals surface area contributed by atoms with Gasteiger partial charge in [-0.1, -0.05) is 6.07 Å². The first kappa shape index (κ1) is 14.2. The number of hydrogen-bond donors (Lipinski definition) is 1. The highest BCUT2D eigenvalue weighted by molar-refractivity contribution is 5.90. The molecule has 20 heavy (non-hydrogen) atoms. The number of anilines is 1. The number of nitrogens with one attached hydrogen (secondary N) is 1. The number of unbranched alkanes of at least 4 members (excludes halogenated alkanes) is 1. The fraction of sp³-hybridized carbons (Fsp3) is 0.312. The van der Waals surface area contributed by atoms with Gasteiger partial charge in [-0.15, -0.1) is 0 Å². The van der Waals surface area contributed by atoms with E-state index in [0.29, 0.717) is 6.42 Å². The van der Waals surface area contributed by atoms with Crippen LogP contribution < -0.4 is 9.88 Å². The van der Waals surface area contributed by atoms with Gasteiger partial charge in [0.05, 0.1) is 0 Å². The van der Waals surface area contributed by atoms with Crippen molar-refractivity contribution in [1.29, 1.82) is 0 Å². The third kappa shape index (κ3) is 4.80. The molecule has 2 aromatic heterocycles. The van der Waals surface area contributed by atoms with E-state index in [4.69, 9.17) is 0 Å². The molecule has 0 spiro atoms. The van der Waals surface area contributed by atoms with Gasteiger partial charge in [0, 0.05) is 42.6 Å². The van der Waals surface area contributed by atoms with Gasteiger partial charge in [-0.3, -0.25) is 9.78 Å². The zero-order chi connectivity index (χ0) is 14.2. The number of carbonyl (C=O) groups excluding carboxylic acids is 1. The first-order valence-corrected chi connectivity index (χ1v) is 6.90. The quantitative estimate of drug-likeness (QED) is 0.647. The van der Waals surface area contributed by atoms with Gasteiger partial charge < -0.3 is 5.32 Å². The molecule has 0 atom stereocenters. The van der Waals surface area contributed by atoms with Crippen LogP contribution in [0.5, 0.6) is 0 Å². The summed E-state index contributed by atoms with van der Waals surface area (Å²) in [5, 5.41) is 2.90. The Hall–Kier alpha value is -2.23. The van der Waals surface area contributed by atoms with Crippen molar-refractivity contribution in [1.82, 2.24) is 4.98 Å². The Labute approximate surface area is 119 Å². The zero-order valence-electron chi connectivity index (χ0n) is 11.7. The molecular formula is C16H20N3O+. The molecule has 2 heterocycles. The predicted molar refractivity (Wildman–Crippen MR) is 78.1 cm³/mol. The minimum absolute atomic E-state index is 0.0636. The molecule has 0 aliphatic rings. The van der Waals surface area contributed by atoms with Crippen LogP contribution in [0.25, 0.3) is 0 Å². The van der Waals surface area contributed by atoms with Crippen LogP contribution in [-0.2, 0) is 11.3 Å². The Kier molecular flexibility index (Phi) is 5.24. The van der Waals surface area contributed by atoms with E-state index >= 15 is 0 Å². The molecule has 0 unspecified atom stereocenters. The lowest BCUT2D eigenvalue weighted by Gasteiger charge is -2.05. The van der Waals surface area contributed by atoms with Gasteiger partial charge in [0.25, 0.3) is 0 Å². The molecule has 0 saturated heterocycles. The molecule has 104 valence electrons. The van der Waals surface area contributed by atoms with Crippen LogP contribution in [0.15, 0.2) is 48.9 Å². The van der Waals surface area contributed by atoms with Crippen molar-refractivity contribution in [3.63, 3.8) is 0 Å². The van der Waals surface area contributed by atoms with Crippen LogP contribution in [-0.4, -0.2) is 10.9 Å². The van der Waals surface area contributed by atoms with E-state index in [9.17, 15) is 4.79 Å². The summed E-state index contributed by atoms with van der Waals surface area (Å²) in [5.74, 6) is 0.0636. The fourth-order valence-electron chi connectivity index (χ4n) is 2.01. The summed E-state index contributed by atoms with van der Waals surface area (Å²) in [4.78, 5) is 15.9. The molecule has 0 aliphatic heterocycles. The first-order chi connectivity index (χ1) is 9.74. The number of pyridine rings is 2. The largest absolute Gasteiger partial charge is 0.326 e. The number of aromatic nitrogens is 2. The maximum absolute atomic E-state index is 11.8. The first-order valence-electron chi connectivity index (χ1n) is 6.90. The summed E-state index contributed by atoms with van der Waals surface area (Å²) < 4.78 is 2.13. The summed E-state index contributed by atoms with van der Waals surface area (Å²) >= 11 is 0. The number of carbonyl (C=O) groups is 1. The number of amides is 1. The van der Waals surface area contributed by atoms with Gasteiger partial charge >= 0.3 is 0 Å². The lowest BCUT2D eigenvalue weighted by atomic mass is 10.2. The van der Waals surface area contributed by atoms with Crippen molar-refractivity contribution in [2.75, 3.05) is 5.32 Å². The van der Waals surface area contributed by atoms with E-state index in [1.807, 2.05) is 49.6 Å². The van der Waals surface area contributed by atoms with E-state index < -0.39 is 0 Å². The van der Waals surface area contributed by atoms with Crippen LogP contribution in [0.2, 0.25) is 0 Å². The highest BCUT2D eigenvalue weighted by Gasteiger charge is 2.04. The monoisotopic (exact) mass is 270 g/mol. The van der Waals surface area contributed by atoms with Gasteiger partial charge in [0.2, 0.25) is 5.91 Å². The lowest BCUT2D eigenvalue weighted by molar-refractivity contribution is -0.697. The zero-order valence-corrected chi connectivity index (χ0v) is 11.7. The van der Waals surface area contributed by atoms with Gasteiger partial charge in [-0.25, -0.2) is 4.57 Å². The molecule has 0 bridgehead atoms. The van der Waals surface area contributed by atoms with Crippen LogP contribution in [0.1, 0.15) is 25.0 Å². The molecule has 4 nitrogen and oxygen atoms in total. The Balaban J connectivity index is 1.68. The van der Waals surface area contributed by atoms with Gasteiger partial charge in [-0.05, 0) is 25.5 Å². The SMILES string of the molecule is Cc1cc(NC(=O)CCCC[n+]2ccccc2)ccn1. The molecule has 1 N–H and O–H groups in total. The van der Waals surface area contributed by atoms with Crippen LogP contribution in [0, 0.1) is 6.92 Å². The maximum atomic E-state index is 11.8. The molecule has 1 amide bonds. The van der Waals surface area contributed by atoms with Crippen molar-refractivity contribution in [3.8, 4) is 0 Å². The second-order valence-corrected chi connectivity index (χ2v) is 4.80. The van der Waals surface area contributed by atoms with Crippen molar-refractivity contribution in [3.05, 3.63) is 54.6 Å². The van der Waals surface area contributed by atoms with Crippen molar-refractivity contribution < 1.29 is 9.36 Å². The second kappa shape index (κ2) is 7.38. The number of rotatable bonds is 6. The minimum atomic E-state index is 0.0636. The Morgan fingerprint density at radius 2 is 2.05 bits per heavy atom. The van der Waals surface area contributed by atoms with Gasteiger partial charge in [0.15, 0.2) is 12.4 Å². The van der Waals surface area contributed by atoms with E-state index in [2.05, 4.69) is 14.9 Å². The average Bonchev–Trinajstić information content (AvgIpc) is 2.45. The van der Waals surface area contributed by atoms with E-state index in [0.717, 1.165) is 30.8 Å². The maximum Gasteiger partial charge on any atom is 0.224 e. The molecule has 0 radical (unpaired) electrons. The number of hydrogen-bond acceptors (Lipinski definition) is 2. The average molecular weight is 270 g/mol. The van der Waals surface area contributed by atoms with E-state index in [1.165, 1.54) is 0 Å². The predicted octanol–water partition coefficient (Wildman–Crippen LogP) is 2.49.